The lowest BCUT2D eigenvalue weighted by molar-refractivity contribution is 0.380. The summed E-state index contributed by atoms with van der Waals surface area (Å²) >= 11 is 5.85. The zero-order valence-corrected chi connectivity index (χ0v) is 14.9. The molecule has 4 rings (SSSR count). The molecule has 0 unspecified atom stereocenters. The maximum Gasteiger partial charge on any atom is 0.171 e. The van der Waals surface area contributed by atoms with Gasteiger partial charge in [0, 0.05) is 23.8 Å². The minimum atomic E-state index is -0.551. The fourth-order valence-corrected chi connectivity index (χ4v) is 2.80. The van der Waals surface area contributed by atoms with Gasteiger partial charge in [0.1, 0.15) is 17.9 Å². The molecule has 0 bridgehead atoms. The van der Waals surface area contributed by atoms with Crippen molar-refractivity contribution < 1.29 is 13.9 Å². The number of nitrogens with zero attached hydrogens (tertiary/aromatic N) is 2. The lowest BCUT2D eigenvalue weighted by atomic mass is 10.2. The van der Waals surface area contributed by atoms with Gasteiger partial charge in [-0.25, -0.2) is 14.4 Å². The fourth-order valence-electron chi connectivity index (χ4n) is 2.63. The molecule has 136 valence electrons. The molecule has 8 heteroatoms. The number of H-pyrrole nitrogens is 1. The molecule has 0 amide bonds. The van der Waals surface area contributed by atoms with Gasteiger partial charge in [0.2, 0.25) is 0 Å². The van der Waals surface area contributed by atoms with Gasteiger partial charge in [-0.15, -0.1) is 0 Å². The van der Waals surface area contributed by atoms with Gasteiger partial charge in [-0.2, -0.15) is 0 Å². The van der Waals surface area contributed by atoms with Crippen LogP contribution in [0, 0.1) is 5.82 Å². The van der Waals surface area contributed by atoms with Crippen LogP contribution in [-0.4, -0.2) is 22.1 Å². The van der Waals surface area contributed by atoms with E-state index in [2.05, 4.69) is 20.3 Å². The molecule has 0 aliphatic heterocycles. The third-order valence-electron chi connectivity index (χ3n) is 3.92. The van der Waals surface area contributed by atoms with E-state index < -0.39 is 5.82 Å². The minimum absolute atomic E-state index is 0.0260. The van der Waals surface area contributed by atoms with Crippen molar-refractivity contribution in [2.24, 2.45) is 0 Å². The number of hydrogen-bond donors (Lipinski definition) is 2. The van der Waals surface area contributed by atoms with Gasteiger partial charge < -0.3 is 19.8 Å². The molecule has 2 N–H and O–H groups in total. The van der Waals surface area contributed by atoms with Crippen LogP contribution in [-0.2, 0) is 0 Å². The number of hydrogen-bond acceptors (Lipinski definition) is 5. The molecule has 0 spiro atoms. The number of benzene rings is 2. The Morgan fingerprint density at radius 1 is 1.15 bits per heavy atom. The average Bonchev–Trinajstić information content (AvgIpc) is 3.18. The normalized spacial score (nSPS) is 10.8. The van der Waals surface area contributed by atoms with E-state index in [0.717, 1.165) is 0 Å². The van der Waals surface area contributed by atoms with E-state index in [0.29, 0.717) is 34.0 Å². The van der Waals surface area contributed by atoms with Gasteiger partial charge in [0.25, 0.3) is 0 Å². The first-order chi connectivity index (χ1) is 13.2. The zero-order chi connectivity index (χ0) is 18.8. The largest absolute Gasteiger partial charge is 0.493 e. The summed E-state index contributed by atoms with van der Waals surface area (Å²) < 4.78 is 25.5. The second-order valence-electron chi connectivity index (χ2n) is 5.62. The number of fused-ring (bicyclic) bond motifs is 1. The zero-order valence-electron chi connectivity index (χ0n) is 14.2. The quantitative estimate of drug-likeness (QED) is 0.489. The number of nitrogens with one attached hydrogen (secondary N) is 2. The second-order valence-corrected chi connectivity index (χ2v) is 6.02. The van der Waals surface area contributed by atoms with E-state index >= 15 is 0 Å². The van der Waals surface area contributed by atoms with Crippen molar-refractivity contribution in [3.05, 3.63) is 66.0 Å². The van der Waals surface area contributed by atoms with Crippen LogP contribution in [0.1, 0.15) is 0 Å². The van der Waals surface area contributed by atoms with Crippen molar-refractivity contribution in [3.63, 3.8) is 0 Å². The van der Waals surface area contributed by atoms with Crippen LogP contribution in [0.3, 0.4) is 0 Å². The van der Waals surface area contributed by atoms with Crippen LogP contribution in [0.2, 0.25) is 5.02 Å². The summed E-state index contributed by atoms with van der Waals surface area (Å²) in [7, 11) is 1.54. The molecule has 27 heavy (non-hydrogen) atoms. The highest BCUT2D eigenvalue weighted by atomic mass is 35.5. The maximum atomic E-state index is 14.2. The van der Waals surface area contributed by atoms with Gasteiger partial charge in [0.05, 0.1) is 23.3 Å². The van der Waals surface area contributed by atoms with E-state index in [4.69, 9.17) is 21.1 Å². The first kappa shape index (κ1) is 17.1. The third-order valence-corrected chi connectivity index (χ3v) is 4.21. The van der Waals surface area contributed by atoms with Crippen LogP contribution in [0.15, 0.2) is 55.1 Å². The summed E-state index contributed by atoms with van der Waals surface area (Å²) in [6, 6.07) is 9.98. The molecule has 0 aliphatic rings. The maximum absolute atomic E-state index is 14.2. The molecule has 2 aromatic heterocycles. The fraction of sp³-hybridized carbons (Fsp3) is 0.0526. The first-order valence-electron chi connectivity index (χ1n) is 8.00. The van der Waals surface area contributed by atoms with Crippen molar-refractivity contribution >= 4 is 34.0 Å². The summed E-state index contributed by atoms with van der Waals surface area (Å²) in [5.74, 6) is 1.51. The van der Waals surface area contributed by atoms with Crippen LogP contribution < -0.4 is 14.8 Å². The molecule has 0 fully saturated rings. The summed E-state index contributed by atoms with van der Waals surface area (Å²) in [4.78, 5) is 11.4. The van der Waals surface area contributed by atoms with Crippen molar-refractivity contribution in [2.45, 2.75) is 0 Å². The smallest absolute Gasteiger partial charge is 0.171 e. The van der Waals surface area contributed by atoms with Crippen LogP contribution in [0.25, 0.3) is 10.9 Å². The predicted molar refractivity (Wildman–Crippen MR) is 102 cm³/mol. The van der Waals surface area contributed by atoms with Crippen molar-refractivity contribution in [2.75, 3.05) is 12.4 Å². The Morgan fingerprint density at radius 2 is 2.04 bits per heavy atom. The summed E-state index contributed by atoms with van der Waals surface area (Å²) in [6.07, 6.45) is 4.87. The van der Waals surface area contributed by atoms with Crippen molar-refractivity contribution in [3.8, 4) is 17.2 Å². The Balaban J connectivity index is 1.77. The molecule has 2 aromatic carbocycles. The number of aromatic nitrogens is 3. The van der Waals surface area contributed by atoms with Crippen LogP contribution in [0.5, 0.6) is 17.2 Å². The monoisotopic (exact) mass is 384 g/mol. The SMILES string of the molecule is COc1cc2c(Nc3cccc(Cl)c3F)ncnc2cc1Oc1cc[nH]c1. The second kappa shape index (κ2) is 7.13. The first-order valence-corrected chi connectivity index (χ1v) is 8.38. The topological polar surface area (TPSA) is 72.1 Å². The summed E-state index contributed by atoms with van der Waals surface area (Å²) in [5.41, 5.74) is 0.829. The lowest BCUT2D eigenvalue weighted by Gasteiger charge is -2.13. The molecule has 0 aliphatic carbocycles. The molecule has 0 saturated carbocycles. The van der Waals surface area contributed by atoms with E-state index in [1.807, 2.05) is 0 Å². The Morgan fingerprint density at radius 3 is 2.81 bits per heavy atom. The van der Waals surface area contributed by atoms with E-state index in [-0.39, 0.29) is 10.7 Å². The Labute approximate surface area is 158 Å². The van der Waals surface area contributed by atoms with Crippen molar-refractivity contribution in [1.29, 1.82) is 0 Å². The molecule has 2 heterocycles. The minimum Gasteiger partial charge on any atom is -0.493 e. The number of methoxy groups -OCH3 is 1. The van der Waals surface area contributed by atoms with Crippen molar-refractivity contribution in [1.82, 2.24) is 15.0 Å². The Hall–Kier alpha value is -3.32. The Kier molecular flexibility index (Phi) is 4.52. The van der Waals surface area contributed by atoms with E-state index in [1.54, 1.807) is 49.8 Å². The number of halogens is 2. The van der Waals surface area contributed by atoms with Gasteiger partial charge in [-0.3, -0.25) is 0 Å². The molecule has 4 aromatic rings. The highest BCUT2D eigenvalue weighted by Gasteiger charge is 2.14. The highest BCUT2D eigenvalue weighted by molar-refractivity contribution is 6.31. The third kappa shape index (κ3) is 3.37. The average molecular weight is 385 g/mol. The number of anilines is 2. The van der Waals surface area contributed by atoms with Gasteiger partial charge in [0.15, 0.2) is 17.3 Å². The molecule has 0 atom stereocenters. The van der Waals surface area contributed by atoms with Gasteiger partial charge in [-0.05, 0) is 24.3 Å². The lowest BCUT2D eigenvalue weighted by Crippen LogP contribution is -1.99. The van der Waals surface area contributed by atoms with Crippen LogP contribution in [0.4, 0.5) is 15.9 Å². The number of aromatic amines is 1. The molecule has 0 radical (unpaired) electrons. The Bertz CT molecular complexity index is 1100. The summed E-state index contributed by atoms with van der Waals surface area (Å²) in [6.45, 7) is 0. The highest BCUT2D eigenvalue weighted by Crippen LogP contribution is 2.37. The molecule has 0 saturated heterocycles. The predicted octanol–water partition coefficient (Wildman–Crippen LogP) is 5.29. The molecule has 6 nitrogen and oxygen atoms in total. The molecular formula is C19H14ClFN4O2. The van der Waals surface area contributed by atoms with E-state index in [9.17, 15) is 4.39 Å². The van der Waals surface area contributed by atoms with Crippen LogP contribution >= 0.6 is 11.6 Å². The molecular weight excluding hydrogens is 371 g/mol. The van der Waals surface area contributed by atoms with Gasteiger partial charge >= 0.3 is 0 Å². The number of rotatable bonds is 5. The number of ether oxygens (including phenoxy) is 2. The van der Waals surface area contributed by atoms with E-state index in [1.165, 1.54) is 12.4 Å². The summed E-state index contributed by atoms with van der Waals surface area (Å²) in [5, 5.41) is 3.63. The van der Waals surface area contributed by atoms with Gasteiger partial charge in [-0.1, -0.05) is 17.7 Å². The standard InChI is InChI=1S/C19H14ClFN4O2/c1-26-16-7-12-15(8-17(16)27-11-5-6-22-9-11)23-10-24-19(12)25-14-4-2-3-13(20)18(14)21/h2-10,22H,1H3,(H,23,24,25).